The number of carboxylic acids is 1. The Balaban J connectivity index is 1.87. The second-order valence-corrected chi connectivity index (χ2v) is 5.65. The molecule has 0 aliphatic heterocycles. The SMILES string of the molecule is CC(NC(=O)c1ccco1)C(=O)NC(C)c1ccc(OCC(=O)O)cc1. The summed E-state index contributed by atoms with van der Waals surface area (Å²) >= 11 is 0. The molecule has 2 aromatic rings. The largest absolute Gasteiger partial charge is 0.482 e. The Morgan fingerprint density at radius 2 is 1.81 bits per heavy atom. The number of carbonyl (C=O) groups is 3. The van der Waals surface area contributed by atoms with Crippen molar-refractivity contribution in [2.45, 2.75) is 25.9 Å². The molecule has 0 saturated heterocycles. The van der Waals surface area contributed by atoms with Crippen molar-refractivity contribution in [1.82, 2.24) is 10.6 Å². The molecule has 0 fully saturated rings. The molecule has 3 N–H and O–H groups in total. The summed E-state index contributed by atoms with van der Waals surface area (Å²) in [6, 6.07) is 8.77. The van der Waals surface area contributed by atoms with E-state index in [0.717, 1.165) is 5.56 Å². The van der Waals surface area contributed by atoms with Crippen LogP contribution in [0.25, 0.3) is 0 Å². The molecule has 2 rings (SSSR count). The highest BCUT2D eigenvalue weighted by Crippen LogP contribution is 2.17. The van der Waals surface area contributed by atoms with Crippen molar-refractivity contribution in [3.05, 3.63) is 54.0 Å². The molecule has 0 aliphatic rings. The molecular weight excluding hydrogens is 340 g/mol. The zero-order valence-electron chi connectivity index (χ0n) is 14.4. The van der Waals surface area contributed by atoms with Crippen molar-refractivity contribution in [3.8, 4) is 5.75 Å². The molecule has 26 heavy (non-hydrogen) atoms. The quantitative estimate of drug-likeness (QED) is 0.660. The highest BCUT2D eigenvalue weighted by atomic mass is 16.5. The summed E-state index contributed by atoms with van der Waals surface area (Å²) < 4.78 is 10.0. The minimum atomic E-state index is -1.06. The smallest absolute Gasteiger partial charge is 0.341 e. The van der Waals surface area contributed by atoms with E-state index in [2.05, 4.69) is 10.6 Å². The minimum Gasteiger partial charge on any atom is -0.482 e. The lowest BCUT2D eigenvalue weighted by atomic mass is 10.1. The predicted molar refractivity (Wildman–Crippen MR) is 91.8 cm³/mol. The van der Waals surface area contributed by atoms with E-state index in [0.29, 0.717) is 5.75 Å². The molecule has 2 atom stereocenters. The average molecular weight is 360 g/mol. The van der Waals surface area contributed by atoms with E-state index in [9.17, 15) is 14.4 Å². The first-order valence-corrected chi connectivity index (χ1v) is 7.96. The van der Waals surface area contributed by atoms with E-state index in [1.165, 1.54) is 12.3 Å². The van der Waals surface area contributed by atoms with Crippen molar-refractivity contribution in [2.24, 2.45) is 0 Å². The second kappa shape index (κ2) is 8.70. The molecule has 2 amide bonds. The molecule has 0 radical (unpaired) electrons. The van der Waals surface area contributed by atoms with Crippen LogP contribution in [0, 0.1) is 0 Å². The molecule has 8 nitrogen and oxygen atoms in total. The van der Waals surface area contributed by atoms with Crippen molar-refractivity contribution in [2.75, 3.05) is 6.61 Å². The van der Waals surface area contributed by atoms with Crippen LogP contribution >= 0.6 is 0 Å². The normalized spacial score (nSPS) is 12.7. The minimum absolute atomic E-state index is 0.134. The Kier molecular flexibility index (Phi) is 6.37. The summed E-state index contributed by atoms with van der Waals surface area (Å²) in [6.45, 7) is 2.95. The second-order valence-electron chi connectivity index (χ2n) is 5.65. The number of hydrogen-bond acceptors (Lipinski definition) is 5. The van der Waals surface area contributed by atoms with E-state index < -0.39 is 24.5 Å². The van der Waals surface area contributed by atoms with Crippen molar-refractivity contribution >= 4 is 17.8 Å². The van der Waals surface area contributed by atoms with Crippen molar-refractivity contribution < 1.29 is 28.6 Å². The lowest BCUT2D eigenvalue weighted by molar-refractivity contribution is -0.139. The van der Waals surface area contributed by atoms with Gasteiger partial charge in [-0.25, -0.2) is 4.79 Å². The molecule has 138 valence electrons. The fraction of sp³-hybridized carbons (Fsp3) is 0.278. The summed E-state index contributed by atoms with van der Waals surface area (Å²) in [7, 11) is 0. The zero-order valence-corrected chi connectivity index (χ0v) is 14.4. The average Bonchev–Trinajstić information content (AvgIpc) is 3.15. The predicted octanol–water partition coefficient (Wildman–Crippen LogP) is 1.74. The number of ether oxygens (including phenoxy) is 1. The Bertz CT molecular complexity index is 754. The van der Waals surface area contributed by atoms with Gasteiger partial charge in [-0.1, -0.05) is 12.1 Å². The number of amides is 2. The van der Waals surface area contributed by atoms with Crippen LogP contribution in [0.1, 0.15) is 36.0 Å². The summed E-state index contributed by atoms with van der Waals surface area (Å²) in [6.07, 6.45) is 1.38. The molecule has 1 aromatic heterocycles. The highest BCUT2D eigenvalue weighted by Gasteiger charge is 2.20. The first kappa shape index (κ1) is 19.0. The summed E-state index contributed by atoms with van der Waals surface area (Å²) in [5, 5.41) is 13.9. The Morgan fingerprint density at radius 1 is 1.12 bits per heavy atom. The van der Waals surface area contributed by atoms with Crippen LogP contribution in [-0.4, -0.2) is 35.5 Å². The third kappa shape index (κ3) is 5.37. The molecule has 1 heterocycles. The van der Waals surface area contributed by atoms with Crippen LogP contribution < -0.4 is 15.4 Å². The van der Waals surface area contributed by atoms with Crippen LogP contribution in [-0.2, 0) is 9.59 Å². The van der Waals surface area contributed by atoms with Gasteiger partial charge in [-0.15, -0.1) is 0 Å². The van der Waals surface area contributed by atoms with Gasteiger partial charge in [0.25, 0.3) is 5.91 Å². The fourth-order valence-corrected chi connectivity index (χ4v) is 2.16. The van der Waals surface area contributed by atoms with E-state index in [1.807, 2.05) is 0 Å². The molecule has 1 aromatic carbocycles. The lowest BCUT2D eigenvalue weighted by Gasteiger charge is -2.18. The Labute approximate surface area is 150 Å². The monoisotopic (exact) mass is 360 g/mol. The van der Waals surface area contributed by atoms with E-state index >= 15 is 0 Å². The zero-order chi connectivity index (χ0) is 19.1. The fourth-order valence-electron chi connectivity index (χ4n) is 2.16. The summed E-state index contributed by atoms with van der Waals surface area (Å²) in [4.78, 5) is 34.6. The molecule has 2 unspecified atom stereocenters. The lowest BCUT2D eigenvalue weighted by Crippen LogP contribution is -2.45. The Hall–Kier alpha value is -3.29. The van der Waals surface area contributed by atoms with Gasteiger partial charge >= 0.3 is 5.97 Å². The molecule has 0 bridgehead atoms. The van der Waals surface area contributed by atoms with Gasteiger partial charge in [-0.05, 0) is 43.7 Å². The maximum absolute atomic E-state index is 12.2. The number of furan rings is 1. The highest BCUT2D eigenvalue weighted by molar-refractivity contribution is 5.95. The van der Waals surface area contributed by atoms with Gasteiger partial charge in [0.15, 0.2) is 12.4 Å². The molecule has 0 saturated carbocycles. The maximum Gasteiger partial charge on any atom is 0.341 e. The topological polar surface area (TPSA) is 118 Å². The van der Waals surface area contributed by atoms with Crippen molar-refractivity contribution in [3.63, 3.8) is 0 Å². The number of aliphatic carboxylic acids is 1. The first-order valence-electron chi connectivity index (χ1n) is 7.96. The van der Waals surface area contributed by atoms with E-state index in [-0.39, 0.29) is 17.7 Å². The summed E-state index contributed by atoms with van der Waals surface area (Å²) in [5.41, 5.74) is 0.811. The standard InChI is InChI=1S/C18H20N2O6/c1-11(13-5-7-14(8-6-13)26-10-16(21)22)19-17(23)12(2)20-18(24)15-4-3-9-25-15/h3-9,11-12H,10H2,1-2H3,(H,19,23)(H,20,24)(H,21,22). The van der Waals surface area contributed by atoms with Gasteiger partial charge in [0.1, 0.15) is 11.8 Å². The number of carbonyl (C=O) groups excluding carboxylic acids is 2. The number of hydrogen-bond donors (Lipinski definition) is 3. The first-order chi connectivity index (χ1) is 12.4. The number of nitrogens with one attached hydrogen (secondary N) is 2. The molecule has 0 spiro atoms. The third-order valence-corrected chi connectivity index (χ3v) is 3.59. The van der Waals surface area contributed by atoms with Gasteiger partial charge in [-0.3, -0.25) is 9.59 Å². The van der Waals surface area contributed by atoms with Crippen LogP contribution in [0.3, 0.4) is 0 Å². The van der Waals surface area contributed by atoms with Crippen LogP contribution in [0.15, 0.2) is 47.1 Å². The van der Waals surface area contributed by atoms with E-state index in [4.69, 9.17) is 14.3 Å². The van der Waals surface area contributed by atoms with Crippen LogP contribution in [0.5, 0.6) is 5.75 Å². The van der Waals surface area contributed by atoms with Crippen LogP contribution in [0.2, 0.25) is 0 Å². The van der Waals surface area contributed by atoms with Crippen LogP contribution in [0.4, 0.5) is 0 Å². The van der Waals surface area contributed by atoms with E-state index in [1.54, 1.807) is 44.2 Å². The van der Waals surface area contributed by atoms with Crippen molar-refractivity contribution in [1.29, 1.82) is 0 Å². The number of benzene rings is 1. The number of rotatable bonds is 8. The Morgan fingerprint density at radius 3 is 2.38 bits per heavy atom. The third-order valence-electron chi connectivity index (χ3n) is 3.59. The van der Waals surface area contributed by atoms with Gasteiger partial charge in [0.05, 0.1) is 12.3 Å². The van der Waals surface area contributed by atoms with Gasteiger partial charge in [0, 0.05) is 0 Å². The molecule has 0 aliphatic carbocycles. The van der Waals surface area contributed by atoms with Gasteiger partial charge in [-0.2, -0.15) is 0 Å². The molecule has 8 heteroatoms. The van der Waals surface area contributed by atoms with Gasteiger partial charge < -0.3 is 24.9 Å². The summed E-state index contributed by atoms with van der Waals surface area (Å²) in [5.74, 6) is -1.31. The van der Waals surface area contributed by atoms with Gasteiger partial charge in [0.2, 0.25) is 5.91 Å². The number of carboxylic acid groups (broad SMARTS) is 1. The maximum atomic E-state index is 12.2. The molecular formula is C18H20N2O6.